The zero-order valence-corrected chi connectivity index (χ0v) is 10.2. The highest BCUT2D eigenvalue weighted by Crippen LogP contribution is 2.63. The van der Waals surface area contributed by atoms with Crippen LogP contribution in [0.4, 0.5) is 0 Å². The van der Waals surface area contributed by atoms with Crippen LogP contribution in [0.15, 0.2) is 17.7 Å². The van der Waals surface area contributed by atoms with Gasteiger partial charge in [0.05, 0.1) is 0 Å². The van der Waals surface area contributed by atoms with Crippen molar-refractivity contribution in [2.75, 3.05) is 0 Å². The molecule has 0 amide bonds. The molecule has 1 radical (unpaired) electrons. The van der Waals surface area contributed by atoms with Gasteiger partial charge in [-0.1, -0.05) is 19.1 Å². The number of hydrogen-bond donors (Lipinski definition) is 0. The lowest BCUT2D eigenvalue weighted by Crippen LogP contribution is -2.46. The smallest absolute Gasteiger partial charge is 0.000122 e. The molecule has 4 saturated carbocycles. The van der Waals surface area contributed by atoms with E-state index in [0.717, 1.165) is 17.8 Å². The quantitative estimate of drug-likeness (QED) is 0.614. The number of hydrogen-bond acceptors (Lipinski definition) is 0. The van der Waals surface area contributed by atoms with E-state index in [4.69, 9.17) is 0 Å². The molecule has 0 heterocycles. The molecule has 5 rings (SSSR count). The van der Waals surface area contributed by atoms with Crippen molar-refractivity contribution in [2.24, 2.45) is 29.1 Å². The molecule has 0 nitrogen and oxygen atoms in total. The van der Waals surface area contributed by atoms with Crippen molar-refractivity contribution in [1.29, 1.82) is 0 Å². The second-order valence-electron chi connectivity index (χ2n) is 6.90. The third-order valence-corrected chi connectivity index (χ3v) is 5.54. The molecule has 16 heavy (non-hydrogen) atoms. The summed E-state index contributed by atoms with van der Waals surface area (Å²) >= 11 is 0. The van der Waals surface area contributed by atoms with Crippen LogP contribution < -0.4 is 0 Å². The van der Waals surface area contributed by atoms with Gasteiger partial charge in [0.25, 0.3) is 0 Å². The maximum atomic E-state index is 3.72. The molecular weight excluding hydrogens is 192 g/mol. The van der Waals surface area contributed by atoms with Crippen molar-refractivity contribution < 1.29 is 0 Å². The molecule has 0 aromatic carbocycles. The van der Waals surface area contributed by atoms with Gasteiger partial charge < -0.3 is 0 Å². The van der Waals surface area contributed by atoms with Crippen LogP contribution in [0.2, 0.25) is 0 Å². The maximum absolute atomic E-state index is 3.72. The van der Waals surface area contributed by atoms with Gasteiger partial charge in [-0.05, 0) is 79.3 Å². The Kier molecular flexibility index (Phi) is 1.80. The fourth-order valence-corrected chi connectivity index (χ4v) is 5.35. The normalized spacial score (nSPS) is 53.4. The zero-order valence-electron chi connectivity index (χ0n) is 10.2. The third-order valence-electron chi connectivity index (χ3n) is 5.54. The van der Waals surface area contributed by atoms with Gasteiger partial charge in [-0.2, -0.15) is 0 Å². The van der Waals surface area contributed by atoms with E-state index in [9.17, 15) is 0 Å². The monoisotopic (exact) mass is 213 g/mol. The first kappa shape index (κ1) is 9.50. The van der Waals surface area contributed by atoms with E-state index in [2.05, 4.69) is 25.2 Å². The van der Waals surface area contributed by atoms with Gasteiger partial charge in [0.1, 0.15) is 0 Å². The summed E-state index contributed by atoms with van der Waals surface area (Å²) in [6.07, 6.45) is 17.6. The highest BCUT2D eigenvalue weighted by atomic mass is 14.6. The molecule has 4 fully saturated rings. The highest BCUT2D eigenvalue weighted by Gasteiger charge is 2.52. The fraction of sp³-hybridized carbons (Fsp3) is 0.750. The van der Waals surface area contributed by atoms with Crippen molar-refractivity contribution in [3.05, 3.63) is 23.8 Å². The van der Waals surface area contributed by atoms with Crippen molar-refractivity contribution in [3.63, 3.8) is 0 Å². The Morgan fingerprint density at radius 3 is 2.06 bits per heavy atom. The van der Waals surface area contributed by atoms with Gasteiger partial charge in [0.15, 0.2) is 0 Å². The second kappa shape index (κ2) is 3.03. The molecular formula is C16H21. The summed E-state index contributed by atoms with van der Waals surface area (Å²) in [5, 5.41) is 0. The van der Waals surface area contributed by atoms with Crippen LogP contribution in [0.25, 0.3) is 0 Å². The van der Waals surface area contributed by atoms with Crippen LogP contribution in [0.1, 0.15) is 45.4 Å². The number of rotatable bonds is 1. The Labute approximate surface area is 98.8 Å². The SMILES string of the molecule is CC1[C]=C(C23CC4CC(CC(C4)C2)C3)C=C1. The Morgan fingerprint density at radius 2 is 1.62 bits per heavy atom. The van der Waals surface area contributed by atoms with Gasteiger partial charge in [0.2, 0.25) is 0 Å². The molecule has 0 saturated heterocycles. The van der Waals surface area contributed by atoms with E-state index in [1.54, 1.807) is 24.8 Å². The minimum Gasteiger partial charge on any atom is -0.0770 e. The molecule has 0 aromatic rings. The lowest BCUT2D eigenvalue weighted by Gasteiger charge is -2.57. The van der Waals surface area contributed by atoms with E-state index in [-0.39, 0.29) is 0 Å². The zero-order chi connectivity index (χ0) is 10.8. The summed E-state index contributed by atoms with van der Waals surface area (Å²) in [5.41, 5.74) is 2.18. The molecule has 5 aliphatic rings. The number of allylic oxidation sites excluding steroid dienone is 4. The first-order valence-electron chi connectivity index (χ1n) is 7.06. The molecule has 5 aliphatic carbocycles. The van der Waals surface area contributed by atoms with E-state index in [1.807, 2.05) is 0 Å². The van der Waals surface area contributed by atoms with Crippen LogP contribution >= 0.6 is 0 Å². The Balaban J connectivity index is 1.72. The summed E-state index contributed by atoms with van der Waals surface area (Å²) in [5.74, 6) is 3.75. The van der Waals surface area contributed by atoms with Gasteiger partial charge in [-0.3, -0.25) is 0 Å². The first-order valence-corrected chi connectivity index (χ1v) is 7.06. The van der Waals surface area contributed by atoms with E-state index < -0.39 is 0 Å². The standard InChI is InChI=1S/C16H21/c1-11-2-3-15(4-11)16-8-12-5-13(9-16)7-14(6-12)10-16/h2-3,11-14H,5-10H2,1H3. The van der Waals surface area contributed by atoms with E-state index in [1.165, 1.54) is 19.3 Å². The molecule has 85 valence electrons. The Morgan fingerprint density at radius 1 is 1.06 bits per heavy atom. The largest absolute Gasteiger partial charge is 0.0770 e. The molecule has 0 heteroatoms. The first-order chi connectivity index (χ1) is 7.73. The third kappa shape index (κ3) is 1.22. The van der Waals surface area contributed by atoms with Crippen LogP contribution in [0.5, 0.6) is 0 Å². The molecule has 1 unspecified atom stereocenters. The van der Waals surface area contributed by atoms with E-state index in [0.29, 0.717) is 11.3 Å². The van der Waals surface area contributed by atoms with E-state index >= 15 is 0 Å². The van der Waals surface area contributed by atoms with Crippen LogP contribution in [-0.4, -0.2) is 0 Å². The van der Waals surface area contributed by atoms with Gasteiger partial charge in [-0.25, -0.2) is 0 Å². The van der Waals surface area contributed by atoms with Gasteiger partial charge in [0, 0.05) is 0 Å². The summed E-state index contributed by atoms with van der Waals surface area (Å²) in [7, 11) is 0. The summed E-state index contributed by atoms with van der Waals surface area (Å²) in [6, 6.07) is 0. The van der Waals surface area contributed by atoms with Crippen LogP contribution in [0, 0.1) is 35.2 Å². The second-order valence-corrected chi connectivity index (χ2v) is 6.90. The summed E-state index contributed by atoms with van der Waals surface area (Å²) in [6.45, 7) is 2.27. The van der Waals surface area contributed by atoms with Crippen molar-refractivity contribution in [1.82, 2.24) is 0 Å². The lowest BCUT2D eigenvalue weighted by atomic mass is 9.48. The van der Waals surface area contributed by atoms with Crippen molar-refractivity contribution in [2.45, 2.75) is 45.4 Å². The average molecular weight is 213 g/mol. The topological polar surface area (TPSA) is 0 Å². The molecule has 0 N–H and O–H groups in total. The molecule has 1 atom stereocenters. The molecule has 0 spiro atoms. The Bertz CT molecular complexity index is 336. The fourth-order valence-electron chi connectivity index (χ4n) is 5.35. The minimum atomic E-state index is 0.572. The average Bonchev–Trinajstić information content (AvgIpc) is 2.63. The maximum Gasteiger partial charge on any atom is -0.000122 e. The Hall–Kier alpha value is -0.520. The lowest BCUT2D eigenvalue weighted by molar-refractivity contribution is -0.0287. The van der Waals surface area contributed by atoms with Crippen LogP contribution in [-0.2, 0) is 0 Å². The van der Waals surface area contributed by atoms with Gasteiger partial charge >= 0.3 is 0 Å². The molecule has 0 aromatic heterocycles. The predicted octanol–water partition coefficient (Wildman–Crippen LogP) is 4.14. The minimum absolute atomic E-state index is 0.572. The molecule has 4 bridgehead atoms. The van der Waals surface area contributed by atoms with Crippen molar-refractivity contribution >= 4 is 0 Å². The molecule has 0 aliphatic heterocycles. The van der Waals surface area contributed by atoms with Crippen LogP contribution in [0.3, 0.4) is 0 Å². The summed E-state index contributed by atoms with van der Waals surface area (Å²) in [4.78, 5) is 0. The summed E-state index contributed by atoms with van der Waals surface area (Å²) < 4.78 is 0. The van der Waals surface area contributed by atoms with Gasteiger partial charge in [-0.15, -0.1) is 0 Å². The highest BCUT2D eigenvalue weighted by molar-refractivity contribution is 5.33. The van der Waals surface area contributed by atoms with Crippen molar-refractivity contribution in [3.8, 4) is 0 Å². The predicted molar refractivity (Wildman–Crippen MR) is 65.7 cm³/mol.